The summed E-state index contributed by atoms with van der Waals surface area (Å²) in [7, 11) is 0. The normalized spacial score (nSPS) is 28.3. The van der Waals surface area contributed by atoms with Crippen molar-refractivity contribution in [3.8, 4) is 0 Å². The van der Waals surface area contributed by atoms with Gasteiger partial charge in [0, 0.05) is 5.54 Å². The predicted octanol–water partition coefficient (Wildman–Crippen LogP) is 1.09. The van der Waals surface area contributed by atoms with Crippen molar-refractivity contribution in [2.45, 2.75) is 31.2 Å². The van der Waals surface area contributed by atoms with E-state index >= 15 is 0 Å². The first-order valence-corrected chi connectivity index (χ1v) is 2.85. The van der Waals surface area contributed by atoms with Gasteiger partial charge in [0.2, 0.25) is 0 Å². The molecule has 2 N–H and O–H groups in total. The van der Waals surface area contributed by atoms with Crippen LogP contribution >= 0.6 is 0 Å². The highest BCUT2D eigenvalue weighted by Gasteiger charge is 2.22. The van der Waals surface area contributed by atoms with Crippen molar-refractivity contribution >= 4 is 0 Å². The Bertz CT molecular complexity index is 58.6. The molecule has 1 nitrogen and oxygen atoms in total. The van der Waals surface area contributed by atoms with Gasteiger partial charge in [0.1, 0.15) is 0 Å². The third-order valence-electron chi connectivity index (χ3n) is 1.60. The van der Waals surface area contributed by atoms with E-state index in [1.807, 2.05) is 0 Å². The third kappa shape index (κ3) is 1.16. The van der Waals surface area contributed by atoms with E-state index < -0.39 is 0 Å². The van der Waals surface area contributed by atoms with Gasteiger partial charge >= 0.3 is 0 Å². The zero-order chi connectivity index (χ0) is 5.33. The molecule has 0 spiro atoms. The quantitative estimate of drug-likeness (QED) is 0.482. The third-order valence-corrected chi connectivity index (χ3v) is 1.60. The molecule has 1 heteroatoms. The van der Waals surface area contributed by atoms with Gasteiger partial charge in [-0.1, -0.05) is 12.8 Å². The first-order valence-electron chi connectivity index (χ1n) is 2.85. The Labute approximate surface area is 44.9 Å². The van der Waals surface area contributed by atoms with Crippen LogP contribution in [0.5, 0.6) is 0 Å². The van der Waals surface area contributed by atoms with E-state index in [0.717, 1.165) is 12.8 Å². The van der Waals surface area contributed by atoms with Crippen LogP contribution in [0.1, 0.15) is 25.7 Å². The second-order valence-electron chi connectivity index (χ2n) is 2.57. The first-order chi connectivity index (χ1) is 3.21. The average Bonchev–Trinajstić information content (AvgIpc) is 1.84. The van der Waals surface area contributed by atoms with Crippen molar-refractivity contribution in [2.75, 3.05) is 0 Å². The first kappa shape index (κ1) is 5.10. The Morgan fingerprint density at radius 2 is 1.71 bits per heavy atom. The zero-order valence-corrected chi connectivity index (χ0v) is 4.61. The minimum Gasteiger partial charge on any atom is -0.325 e. The number of hydrogen-bond donors (Lipinski definition) is 1. The van der Waals surface area contributed by atoms with Gasteiger partial charge in [0.15, 0.2) is 0 Å². The van der Waals surface area contributed by atoms with Crippen molar-refractivity contribution in [2.24, 2.45) is 5.73 Å². The Hall–Kier alpha value is -0.0400. The molecule has 1 rings (SSSR count). The SMILES string of the molecule is [CH2]C1(N)CCCC1. The molecule has 7 heavy (non-hydrogen) atoms. The van der Waals surface area contributed by atoms with Crippen LogP contribution in [0, 0.1) is 6.92 Å². The smallest absolute Gasteiger partial charge is 0.0155 e. The molecule has 1 fully saturated rings. The fourth-order valence-corrected chi connectivity index (χ4v) is 1.08. The molecule has 0 amide bonds. The second-order valence-corrected chi connectivity index (χ2v) is 2.57. The van der Waals surface area contributed by atoms with Crippen LogP contribution in [0.3, 0.4) is 0 Å². The van der Waals surface area contributed by atoms with E-state index in [9.17, 15) is 0 Å². The van der Waals surface area contributed by atoms with Crippen LogP contribution in [-0.4, -0.2) is 5.54 Å². The summed E-state index contributed by atoms with van der Waals surface area (Å²) in [6.45, 7) is 3.85. The molecule has 0 heterocycles. The number of hydrogen-bond acceptors (Lipinski definition) is 1. The maximum atomic E-state index is 5.67. The van der Waals surface area contributed by atoms with Gasteiger partial charge in [-0.2, -0.15) is 0 Å². The summed E-state index contributed by atoms with van der Waals surface area (Å²) in [6.07, 6.45) is 4.79. The summed E-state index contributed by atoms with van der Waals surface area (Å²) in [4.78, 5) is 0. The fourth-order valence-electron chi connectivity index (χ4n) is 1.08. The molecule has 1 aliphatic carbocycles. The lowest BCUT2D eigenvalue weighted by atomic mass is 10.0. The molecule has 0 aromatic carbocycles. The monoisotopic (exact) mass is 98.1 g/mol. The molecule has 0 unspecified atom stereocenters. The summed E-state index contributed by atoms with van der Waals surface area (Å²) in [5.41, 5.74) is 5.61. The average molecular weight is 98.2 g/mol. The van der Waals surface area contributed by atoms with Crippen LogP contribution in [0.15, 0.2) is 0 Å². The van der Waals surface area contributed by atoms with Crippen molar-refractivity contribution in [3.63, 3.8) is 0 Å². The fraction of sp³-hybridized carbons (Fsp3) is 0.833. The lowest BCUT2D eigenvalue weighted by Gasteiger charge is -2.14. The van der Waals surface area contributed by atoms with E-state index in [1.165, 1.54) is 12.8 Å². The summed E-state index contributed by atoms with van der Waals surface area (Å²) in [5.74, 6) is 0. The highest BCUT2D eigenvalue weighted by atomic mass is 14.7. The highest BCUT2D eigenvalue weighted by Crippen LogP contribution is 2.25. The lowest BCUT2D eigenvalue weighted by Crippen LogP contribution is -2.31. The predicted molar refractivity (Wildman–Crippen MR) is 30.7 cm³/mol. The Kier molecular flexibility index (Phi) is 1.08. The highest BCUT2D eigenvalue weighted by molar-refractivity contribution is 4.90. The van der Waals surface area contributed by atoms with Gasteiger partial charge in [-0.15, -0.1) is 0 Å². The summed E-state index contributed by atoms with van der Waals surface area (Å²) in [6, 6.07) is 0. The number of nitrogens with two attached hydrogens (primary N) is 1. The molecule has 41 valence electrons. The molecule has 0 atom stereocenters. The second kappa shape index (κ2) is 1.48. The maximum Gasteiger partial charge on any atom is 0.0155 e. The van der Waals surface area contributed by atoms with E-state index in [1.54, 1.807) is 0 Å². The largest absolute Gasteiger partial charge is 0.325 e. The topological polar surface area (TPSA) is 26.0 Å². The zero-order valence-electron chi connectivity index (χ0n) is 4.61. The summed E-state index contributed by atoms with van der Waals surface area (Å²) >= 11 is 0. The van der Waals surface area contributed by atoms with Crippen molar-refractivity contribution in [3.05, 3.63) is 6.92 Å². The molecule has 0 bridgehead atoms. The standard InChI is InChI=1S/C6H12N/c1-6(7)4-2-3-5-6/h1-5,7H2. The van der Waals surface area contributed by atoms with Gasteiger partial charge in [0.05, 0.1) is 0 Å². The van der Waals surface area contributed by atoms with Crippen molar-refractivity contribution < 1.29 is 0 Å². The lowest BCUT2D eigenvalue weighted by molar-refractivity contribution is 0.546. The minimum absolute atomic E-state index is 0.0556. The summed E-state index contributed by atoms with van der Waals surface area (Å²) in [5, 5.41) is 0. The summed E-state index contributed by atoms with van der Waals surface area (Å²) < 4.78 is 0. The molecule has 1 aliphatic rings. The molecule has 1 radical (unpaired) electrons. The van der Waals surface area contributed by atoms with Crippen molar-refractivity contribution in [1.82, 2.24) is 0 Å². The molecule has 0 saturated heterocycles. The minimum atomic E-state index is -0.0556. The molecule has 0 aromatic rings. The van der Waals surface area contributed by atoms with Gasteiger partial charge in [-0.25, -0.2) is 0 Å². The van der Waals surface area contributed by atoms with Gasteiger partial charge in [0.25, 0.3) is 0 Å². The van der Waals surface area contributed by atoms with E-state index in [4.69, 9.17) is 5.73 Å². The van der Waals surface area contributed by atoms with Crippen LogP contribution in [-0.2, 0) is 0 Å². The maximum absolute atomic E-state index is 5.67. The van der Waals surface area contributed by atoms with E-state index in [-0.39, 0.29) is 5.54 Å². The van der Waals surface area contributed by atoms with E-state index in [2.05, 4.69) is 6.92 Å². The molecular formula is C6H12N. The molecule has 0 aliphatic heterocycles. The molecule has 0 aromatic heterocycles. The van der Waals surface area contributed by atoms with Crippen LogP contribution in [0.2, 0.25) is 0 Å². The van der Waals surface area contributed by atoms with Gasteiger partial charge in [-0.05, 0) is 19.8 Å². The van der Waals surface area contributed by atoms with Gasteiger partial charge < -0.3 is 5.73 Å². The molecular weight excluding hydrogens is 86.1 g/mol. The Balaban J connectivity index is 2.40. The van der Waals surface area contributed by atoms with Crippen LogP contribution < -0.4 is 5.73 Å². The van der Waals surface area contributed by atoms with E-state index in [0.29, 0.717) is 0 Å². The van der Waals surface area contributed by atoms with Crippen LogP contribution in [0.25, 0.3) is 0 Å². The molecule has 1 saturated carbocycles. The number of rotatable bonds is 0. The Morgan fingerprint density at radius 3 is 1.86 bits per heavy atom. The van der Waals surface area contributed by atoms with Gasteiger partial charge in [-0.3, -0.25) is 0 Å². The van der Waals surface area contributed by atoms with Crippen molar-refractivity contribution in [1.29, 1.82) is 0 Å². The van der Waals surface area contributed by atoms with Crippen LogP contribution in [0.4, 0.5) is 0 Å². The Morgan fingerprint density at radius 1 is 1.29 bits per heavy atom.